The molecule has 0 fully saturated rings. The molecule has 6 nitrogen and oxygen atoms in total. The molecule has 0 aliphatic heterocycles. The normalized spacial score (nSPS) is 12.4. The predicted molar refractivity (Wildman–Crippen MR) is 110 cm³/mol. The first kappa shape index (κ1) is 19.4. The number of nitrogens with zero attached hydrogens (tertiary/aromatic N) is 1. The molecule has 0 saturated heterocycles. The summed E-state index contributed by atoms with van der Waals surface area (Å²) >= 11 is 1.42. The molecule has 4 aromatic rings. The quantitative estimate of drug-likeness (QED) is 0.488. The fourth-order valence-corrected chi connectivity index (χ4v) is 4.30. The number of methoxy groups -OCH3 is 1. The molecule has 0 aliphatic carbocycles. The number of hydrogen-bond acceptors (Lipinski definition) is 5. The Bertz CT molecular complexity index is 1180. The number of halogens is 1. The van der Waals surface area contributed by atoms with Crippen LogP contribution in [-0.4, -0.2) is 23.6 Å². The highest BCUT2D eigenvalue weighted by molar-refractivity contribution is 7.17. The molecule has 0 aliphatic rings. The minimum atomic E-state index is -0.377. The molecule has 150 valence electrons. The van der Waals surface area contributed by atoms with Gasteiger partial charge in [-0.05, 0) is 37.3 Å². The highest BCUT2D eigenvalue weighted by Crippen LogP contribution is 2.30. The summed E-state index contributed by atoms with van der Waals surface area (Å²) in [6.45, 7) is 3.99. The smallest absolute Gasteiger partial charge is 0.260 e. The molecule has 1 atom stereocenters. The van der Waals surface area contributed by atoms with Gasteiger partial charge in [0.05, 0.1) is 25.3 Å². The monoisotopic (exact) mass is 414 g/mol. The maximum absolute atomic E-state index is 14.0. The third-order valence-corrected chi connectivity index (χ3v) is 5.74. The van der Waals surface area contributed by atoms with Crippen molar-refractivity contribution in [1.29, 1.82) is 0 Å². The Morgan fingerprint density at radius 3 is 2.86 bits per heavy atom. The lowest BCUT2D eigenvalue weighted by atomic mass is 10.2. The molecule has 1 unspecified atom stereocenters. The lowest BCUT2D eigenvalue weighted by Gasteiger charge is -2.17. The number of aromatic nitrogens is 2. The van der Waals surface area contributed by atoms with Gasteiger partial charge in [-0.2, -0.15) is 0 Å². The number of thiophene rings is 1. The summed E-state index contributed by atoms with van der Waals surface area (Å²) in [7, 11) is 1.45. The lowest BCUT2D eigenvalue weighted by Crippen LogP contribution is -3.09. The fourth-order valence-electron chi connectivity index (χ4n) is 3.35. The molecule has 3 heterocycles. The van der Waals surface area contributed by atoms with Gasteiger partial charge in [0, 0.05) is 16.5 Å². The van der Waals surface area contributed by atoms with Crippen LogP contribution in [0.4, 0.5) is 4.39 Å². The molecular formula is C21H21FN3O3S+. The number of nitrogens with one attached hydrogen (secondary N) is 2. The van der Waals surface area contributed by atoms with E-state index >= 15 is 0 Å². The van der Waals surface area contributed by atoms with E-state index in [-0.39, 0.29) is 17.1 Å². The maximum atomic E-state index is 14.0. The van der Waals surface area contributed by atoms with Crippen molar-refractivity contribution in [2.45, 2.75) is 20.0 Å². The number of furan rings is 1. The van der Waals surface area contributed by atoms with Gasteiger partial charge in [0.25, 0.3) is 5.56 Å². The number of hydrogen-bond donors (Lipinski definition) is 2. The van der Waals surface area contributed by atoms with Gasteiger partial charge in [0.2, 0.25) is 0 Å². The third-order valence-electron chi connectivity index (χ3n) is 4.87. The van der Waals surface area contributed by atoms with Crippen LogP contribution >= 0.6 is 11.3 Å². The van der Waals surface area contributed by atoms with Crippen LogP contribution in [0.25, 0.3) is 21.5 Å². The second kappa shape index (κ2) is 8.18. The van der Waals surface area contributed by atoms with Crippen LogP contribution in [0.5, 0.6) is 5.75 Å². The molecule has 2 N–H and O–H groups in total. The van der Waals surface area contributed by atoms with Crippen LogP contribution in [0.3, 0.4) is 0 Å². The highest BCUT2D eigenvalue weighted by atomic mass is 32.1. The van der Waals surface area contributed by atoms with Gasteiger partial charge < -0.3 is 19.0 Å². The second-order valence-corrected chi connectivity index (χ2v) is 7.60. The summed E-state index contributed by atoms with van der Waals surface area (Å²) in [4.78, 5) is 22.1. The van der Waals surface area contributed by atoms with Gasteiger partial charge >= 0.3 is 0 Å². The van der Waals surface area contributed by atoms with Crippen molar-refractivity contribution in [3.05, 3.63) is 69.5 Å². The summed E-state index contributed by atoms with van der Waals surface area (Å²) in [6, 6.07) is 8.59. The molecule has 0 radical (unpaired) electrons. The van der Waals surface area contributed by atoms with Crippen molar-refractivity contribution in [1.82, 2.24) is 9.97 Å². The molecule has 0 bridgehead atoms. The minimum absolute atomic E-state index is 0.177. The van der Waals surface area contributed by atoms with E-state index in [9.17, 15) is 9.18 Å². The number of fused-ring (bicyclic) bond motifs is 1. The number of benzene rings is 1. The molecular weight excluding hydrogens is 393 g/mol. The van der Waals surface area contributed by atoms with Gasteiger partial charge in [-0.25, -0.2) is 9.37 Å². The van der Waals surface area contributed by atoms with E-state index in [1.54, 1.807) is 18.4 Å². The summed E-state index contributed by atoms with van der Waals surface area (Å²) < 4.78 is 24.4. The van der Waals surface area contributed by atoms with E-state index in [0.29, 0.717) is 34.9 Å². The summed E-state index contributed by atoms with van der Waals surface area (Å²) in [5.74, 6) is 1.12. The predicted octanol–water partition coefficient (Wildman–Crippen LogP) is 3.00. The average molecular weight is 414 g/mol. The van der Waals surface area contributed by atoms with Gasteiger partial charge in [-0.1, -0.05) is 0 Å². The van der Waals surface area contributed by atoms with Crippen LogP contribution in [0.2, 0.25) is 0 Å². The standard InChI is InChI=1S/C21H20FN3O3S/c1-3-25(10-13-6-7-17(27-2)15(22)9-13)11-18-23-20(26)19-14(12-29-21(19)24-18)16-5-4-8-28-16/h4-9,12H,3,10-11H2,1-2H3,(H,23,24,26)/p+1. The van der Waals surface area contributed by atoms with Crippen LogP contribution in [-0.2, 0) is 13.1 Å². The Hall–Kier alpha value is -2.97. The maximum Gasteiger partial charge on any atom is 0.260 e. The van der Waals surface area contributed by atoms with Crippen molar-refractivity contribution >= 4 is 21.6 Å². The number of quaternary nitrogens is 1. The Morgan fingerprint density at radius 2 is 2.17 bits per heavy atom. The Balaban J connectivity index is 1.58. The SMILES string of the molecule is CC[NH+](Cc1ccc(OC)c(F)c1)Cc1nc2scc(-c3ccco3)c2c(=O)[nH]1. The first-order valence-corrected chi connectivity index (χ1v) is 10.2. The number of aromatic amines is 1. The average Bonchev–Trinajstić information content (AvgIpc) is 3.37. The Labute approximate surface area is 170 Å². The summed E-state index contributed by atoms with van der Waals surface area (Å²) in [5, 5.41) is 2.43. The molecule has 29 heavy (non-hydrogen) atoms. The molecule has 0 spiro atoms. The third kappa shape index (κ3) is 3.94. The number of ether oxygens (including phenoxy) is 1. The zero-order chi connectivity index (χ0) is 20.4. The molecule has 8 heteroatoms. The van der Waals surface area contributed by atoms with Crippen molar-refractivity contribution in [3.8, 4) is 17.1 Å². The topological polar surface area (TPSA) is 72.6 Å². The Morgan fingerprint density at radius 1 is 1.31 bits per heavy atom. The van der Waals surface area contributed by atoms with E-state index in [1.165, 1.54) is 24.5 Å². The zero-order valence-electron chi connectivity index (χ0n) is 16.1. The van der Waals surface area contributed by atoms with Crippen molar-refractivity contribution < 1.29 is 18.4 Å². The van der Waals surface area contributed by atoms with Crippen molar-refractivity contribution in [3.63, 3.8) is 0 Å². The second-order valence-electron chi connectivity index (χ2n) is 6.75. The molecule has 1 aromatic carbocycles. The summed E-state index contributed by atoms with van der Waals surface area (Å²) in [6.07, 6.45) is 1.58. The highest BCUT2D eigenvalue weighted by Gasteiger charge is 2.17. The lowest BCUT2D eigenvalue weighted by molar-refractivity contribution is -0.926. The first-order chi connectivity index (χ1) is 14.1. The van der Waals surface area contributed by atoms with E-state index in [4.69, 9.17) is 9.15 Å². The van der Waals surface area contributed by atoms with Gasteiger partial charge in [-0.3, -0.25) is 4.79 Å². The van der Waals surface area contributed by atoms with Crippen LogP contribution in [0.1, 0.15) is 18.3 Å². The summed E-state index contributed by atoms with van der Waals surface area (Å²) in [5.41, 5.74) is 1.44. The van der Waals surface area contributed by atoms with Crippen LogP contribution in [0, 0.1) is 5.82 Å². The van der Waals surface area contributed by atoms with E-state index in [0.717, 1.165) is 22.6 Å². The first-order valence-electron chi connectivity index (χ1n) is 9.29. The van der Waals surface area contributed by atoms with Gasteiger partial charge in [0.1, 0.15) is 23.7 Å². The van der Waals surface area contributed by atoms with Crippen LogP contribution in [0.15, 0.2) is 51.2 Å². The largest absolute Gasteiger partial charge is 0.494 e. The zero-order valence-corrected chi connectivity index (χ0v) is 16.9. The van der Waals surface area contributed by atoms with Crippen molar-refractivity contribution in [2.24, 2.45) is 0 Å². The fraction of sp³-hybridized carbons (Fsp3) is 0.238. The molecule has 0 amide bonds. The molecule has 4 rings (SSSR count). The van der Waals surface area contributed by atoms with Gasteiger partial charge in [0.15, 0.2) is 17.4 Å². The minimum Gasteiger partial charge on any atom is -0.494 e. The number of H-pyrrole nitrogens is 1. The molecule has 0 saturated carbocycles. The molecule has 3 aromatic heterocycles. The van der Waals surface area contributed by atoms with E-state index in [2.05, 4.69) is 9.97 Å². The van der Waals surface area contributed by atoms with Crippen molar-refractivity contribution in [2.75, 3.05) is 13.7 Å². The van der Waals surface area contributed by atoms with E-state index < -0.39 is 0 Å². The Kier molecular flexibility index (Phi) is 5.46. The van der Waals surface area contributed by atoms with Crippen LogP contribution < -0.4 is 15.2 Å². The van der Waals surface area contributed by atoms with E-state index in [1.807, 2.05) is 24.4 Å². The number of rotatable bonds is 7. The van der Waals surface area contributed by atoms with Gasteiger partial charge in [-0.15, -0.1) is 11.3 Å².